The minimum atomic E-state index is -0.280. The number of hydrogen-bond acceptors (Lipinski definition) is 3. The Bertz CT molecular complexity index is 490. The Hall–Kier alpha value is -1.43. The third-order valence-electron chi connectivity index (χ3n) is 2.29. The molecule has 0 saturated heterocycles. The summed E-state index contributed by atoms with van der Waals surface area (Å²) in [5.41, 5.74) is 4.79. The summed E-state index contributed by atoms with van der Waals surface area (Å²) in [6.07, 6.45) is 2.66. The van der Waals surface area contributed by atoms with Gasteiger partial charge in [-0.15, -0.1) is 0 Å². The van der Waals surface area contributed by atoms with Gasteiger partial charge in [-0.25, -0.2) is 4.79 Å². The van der Waals surface area contributed by atoms with Crippen LogP contribution in [0.25, 0.3) is 0 Å². The van der Waals surface area contributed by atoms with Crippen molar-refractivity contribution in [2.45, 2.75) is 32.9 Å². The molecule has 0 fully saturated rings. The highest BCUT2D eigenvalue weighted by Crippen LogP contribution is 1.91. The van der Waals surface area contributed by atoms with E-state index in [-0.39, 0.29) is 11.2 Å². The fourth-order valence-electron chi connectivity index (χ4n) is 1.41. The Balaban J connectivity index is 2.90. The summed E-state index contributed by atoms with van der Waals surface area (Å²) >= 11 is 4.73. The summed E-state index contributed by atoms with van der Waals surface area (Å²) in [5.74, 6) is 0. The number of aromatic nitrogens is 2. The molecule has 0 amide bonds. The van der Waals surface area contributed by atoms with Crippen LogP contribution in [0.1, 0.15) is 19.8 Å². The fraction of sp³-hybridized carbons (Fsp3) is 0.500. The molecular formula is C10H15N3O2S. The van der Waals surface area contributed by atoms with E-state index in [4.69, 9.17) is 18.0 Å². The molecular weight excluding hydrogens is 226 g/mol. The zero-order valence-corrected chi connectivity index (χ0v) is 10.00. The Kier molecular flexibility index (Phi) is 4.42. The predicted octanol–water partition coefficient (Wildman–Crippen LogP) is 0.0962. The minimum absolute atomic E-state index is 0.280. The second-order valence-corrected chi connectivity index (χ2v) is 3.97. The number of thiocarbonyl (C=S) groups is 1. The van der Waals surface area contributed by atoms with E-state index in [0.717, 1.165) is 0 Å². The van der Waals surface area contributed by atoms with Gasteiger partial charge < -0.3 is 10.3 Å². The van der Waals surface area contributed by atoms with Crippen LogP contribution in [0.15, 0.2) is 21.9 Å². The molecule has 1 rings (SSSR count). The SMILES string of the molecule is CCn1ccc(=O)n(CCCC(N)=S)c1=O. The quantitative estimate of drug-likeness (QED) is 0.742. The van der Waals surface area contributed by atoms with E-state index < -0.39 is 0 Å². The number of hydrogen-bond donors (Lipinski definition) is 1. The Morgan fingerprint density at radius 3 is 2.75 bits per heavy atom. The summed E-state index contributed by atoms with van der Waals surface area (Å²) < 4.78 is 2.70. The van der Waals surface area contributed by atoms with E-state index in [2.05, 4.69) is 0 Å². The molecule has 2 N–H and O–H groups in total. The smallest absolute Gasteiger partial charge is 0.330 e. The minimum Gasteiger partial charge on any atom is -0.393 e. The van der Waals surface area contributed by atoms with Gasteiger partial charge in [0, 0.05) is 25.4 Å². The van der Waals surface area contributed by atoms with Gasteiger partial charge in [-0.3, -0.25) is 9.36 Å². The standard InChI is InChI=1S/C10H15N3O2S/c1-2-12-7-5-9(14)13(10(12)15)6-3-4-8(11)16/h5,7H,2-4,6H2,1H3,(H2,11,16). The van der Waals surface area contributed by atoms with Crippen LogP contribution >= 0.6 is 12.2 Å². The third kappa shape index (κ3) is 3.03. The molecule has 16 heavy (non-hydrogen) atoms. The maximum absolute atomic E-state index is 11.8. The fourth-order valence-corrected chi connectivity index (χ4v) is 1.56. The van der Waals surface area contributed by atoms with Gasteiger partial charge in [0.05, 0.1) is 4.99 Å². The molecule has 0 saturated carbocycles. The van der Waals surface area contributed by atoms with E-state index >= 15 is 0 Å². The maximum atomic E-state index is 11.8. The second-order valence-electron chi connectivity index (χ2n) is 3.44. The molecule has 0 aromatic carbocycles. The van der Waals surface area contributed by atoms with E-state index in [1.54, 1.807) is 0 Å². The maximum Gasteiger partial charge on any atom is 0.330 e. The van der Waals surface area contributed by atoms with Crippen molar-refractivity contribution in [3.05, 3.63) is 33.1 Å². The van der Waals surface area contributed by atoms with Gasteiger partial charge >= 0.3 is 5.69 Å². The first-order chi connectivity index (χ1) is 7.56. The normalized spacial score (nSPS) is 10.3. The lowest BCUT2D eigenvalue weighted by Crippen LogP contribution is -2.38. The number of aryl methyl sites for hydroxylation is 1. The van der Waals surface area contributed by atoms with E-state index in [0.29, 0.717) is 30.9 Å². The topological polar surface area (TPSA) is 70.0 Å². The number of rotatable bonds is 5. The number of nitrogens with two attached hydrogens (primary N) is 1. The second kappa shape index (κ2) is 5.60. The summed E-state index contributed by atoms with van der Waals surface area (Å²) in [6, 6.07) is 1.39. The Morgan fingerprint density at radius 2 is 2.19 bits per heavy atom. The molecule has 0 atom stereocenters. The monoisotopic (exact) mass is 241 g/mol. The highest BCUT2D eigenvalue weighted by molar-refractivity contribution is 7.80. The van der Waals surface area contributed by atoms with Crippen LogP contribution in [0.2, 0.25) is 0 Å². The number of nitrogens with zero attached hydrogens (tertiary/aromatic N) is 2. The first kappa shape index (κ1) is 12.6. The zero-order chi connectivity index (χ0) is 12.1. The van der Waals surface area contributed by atoms with Crippen molar-refractivity contribution in [1.29, 1.82) is 0 Å². The van der Waals surface area contributed by atoms with E-state index in [9.17, 15) is 9.59 Å². The third-order valence-corrected chi connectivity index (χ3v) is 2.49. The van der Waals surface area contributed by atoms with Crippen molar-refractivity contribution >= 4 is 17.2 Å². The molecule has 88 valence electrons. The molecule has 0 aliphatic carbocycles. The molecule has 0 aliphatic rings. The van der Waals surface area contributed by atoms with Crippen molar-refractivity contribution in [1.82, 2.24) is 9.13 Å². The van der Waals surface area contributed by atoms with Crippen LogP contribution in [0.4, 0.5) is 0 Å². The Morgan fingerprint density at radius 1 is 1.50 bits per heavy atom. The van der Waals surface area contributed by atoms with Gasteiger partial charge in [0.25, 0.3) is 5.56 Å². The molecule has 5 nitrogen and oxygen atoms in total. The van der Waals surface area contributed by atoms with E-state index in [1.807, 2.05) is 6.92 Å². The largest absolute Gasteiger partial charge is 0.393 e. The van der Waals surface area contributed by atoms with Gasteiger partial charge in [-0.2, -0.15) is 0 Å². The summed E-state index contributed by atoms with van der Waals surface area (Å²) in [5, 5.41) is 0. The highest BCUT2D eigenvalue weighted by Gasteiger charge is 2.03. The van der Waals surface area contributed by atoms with Crippen LogP contribution in [0, 0.1) is 0 Å². The first-order valence-corrected chi connectivity index (χ1v) is 5.55. The molecule has 6 heteroatoms. The summed E-state index contributed by atoms with van der Waals surface area (Å²) in [6.45, 7) is 2.76. The highest BCUT2D eigenvalue weighted by atomic mass is 32.1. The van der Waals surface area contributed by atoms with Crippen molar-refractivity contribution in [3.8, 4) is 0 Å². The van der Waals surface area contributed by atoms with Gasteiger partial charge in [-0.1, -0.05) is 12.2 Å². The van der Waals surface area contributed by atoms with Crippen LogP contribution in [-0.2, 0) is 13.1 Å². The van der Waals surface area contributed by atoms with Gasteiger partial charge in [0.15, 0.2) is 0 Å². The molecule has 0 aliphatic heterocycles. The molecule has 1 aromatic heterocycles. The van der Waals surface area contributed by atoms with E-state index in [1.165, 1.54) is 21.4 Å². The average Bonchev–Trinajstić information content (AvgIpc) is 2.23. The zero-order valence-electron chi connectivity index (χ0n) is 9.18. The lowest BCUT2D eigenvalue weighted by molar-refractivity contribution is 0.551. The van der Waals surface area contributed by atoms with Crippen LogP contribution in [0.3, 0.4) is 0 Å². The first-order valence-electron chi connectivity index (χ1n) is 5.15. The Labute approximate surface area is 98.5 Å². The van der Waals surface area contributed by atoms with Crippen molar-refractivity contribution in [2.24, 2.45) is 5.73 Å². The summed E-state index contributed by atoms with van der Waals surface area (Å²) in [7, 11) is 0. The summed E-state index contributed by atoms with van der Waals surface area (Å²) in [4.78, 5) is 23.6. The van der Waals surface area contributed by atoms with Crippen LogP contribution in [-0.4, -0.2) is 14.1 Å². The average molecular weight is 241 g/mol. The molecule has 0 radical (unpaired) electrons. The van der Waals surface area contributed by atoms with Crippen molar-refractivity contribution in [2.75, 3.05) is 0 Å². The lowest BCUT2D eigenvalue weighted by atomic mass is 10.3. The lowest BCUT2D eigenvalue weighted by Gasteiger charge is -2.07. The van der Waals surface area contributed by atoms with Gasteiger partial charge in [-0.05, 0) is 19.8 Å². The molecule has 0 unspecified atom stereocenters. The molecule has 0 bridgehead atoms. The predicted molar refractivity (Wildman–Crippen MR) is 66.7 cm³/mol. The molecule has 0 spiro atoms. The van der Waals surface area contributed by atoms with Crippen molar-refractivity contribution in [3.63, 3.8) is 0 Å². The van der Waals surface area contributed by atoms with Crippen LogP contribution < -0.4 is 17.0 Å². The van der Waals surface area contributed by atoms with Gasteiger partial charge in [0.2, 0.25) is 0 Å². The van der Waals surface area contributed by atoms with Crippen molar-refractivity contribution < 1.29 is 0 Å². The van der Waals surface area contributed by atoms with Crippen LogP contribution in [0.5, 0.6) is 0 Å². The van der Waals surface area contributed by atoms with Gasteiger partial charge in [0.1, 0.15) is 0 Å². The molecule has 1 heterocycles. The molecule has 1 aromatic rings.